The van der Waals surface area contributed by atoms with Gasteiger partial charge >= 0.3 is 63.1 Å². The number of phenols is 1. The summed E-state index contributed by atoms with van der Waals surface area (Å²) in [5.41, 5.74) is 0. The summed E-state index contributed by atoms with van der Waals surface area (Å²) in [5.74, 6) is 0.356. The van der Waals surface area contributed by atoms with Crippen molar-refractivity contribution in [2.45, 2.75) is 0 Å². The molecule has 1 aromatic rings. The first kappa shape index (κ1) is 6.03. The van der Waals surface area contributed by atoms with Crippen LogP contribution >= 0.6 is 0 Å². The third-order valence-corrected chi connectivity index (χ3v) is 2.39. The molecule has 1 N–H and O–H groups in total. The Hall–Kier alpha value is -0.0969. The van der Waals surface area contributed by atoms with Gasteiger partial charge in [-0.05, 0) is 0 Å². The van der Waals surface area contributed by atoms with Gasteiger partial charge in [0.15, 0.2) is 0 Å². The van der Waals surface area contributed by atoms with Crippen LogP contribution in [0.25, 0.3) is 0 Å². The summed E-state index contributed by atoms with van der Waals surface area (Å²) in [7, 11) is 0. The molecule has 0 amide bonds. The fourth-order valence-corrected chi connectivity index (χ4v) is 1.22. The molecular weight excluding hydrogens is 297 g/mol. The second-order valence-electron chi connectivity index (χ2n) is 1.59. The Morgan fingerprint density at radius 2 is 1.62 bits per heavy atom. The molecule has 8 heavy (non-hydrogen) atoms. The molecule has 0 saturated heterocycles. The van der Waals surface area contributed by atoms with E-state index in [9.17, 15) is 0 Å². The predicted octanol–water partition coefficient (Wildman–Crippen LogP) is -0.349. The molecule has 0 atom stereocenters. The molecule has 0 unspecified atom stereocenters. The van der Waals surface area contributed by atoms with E-state index in [-0.39, 0.29) is 0 Å². The van der Waals surface area contributed by atoms with Gasteiger partial charge < -0.3 is 0 Å². The molecule has 1 rings (SSSR count). The minimum atomic E-state index is 0.356. The number of aromatic hydroxyl groups is 1. The van der Waals surface area contributed by atoms with Crippen molar-refractivity contribution in [3.63, 3.8) is 0 Å². The van der Waals surface area contributed by atoms with E-state index in [1.54, 1.807) is 12.1 Å². The molecule has 0 spiro atoms. The molecule has 42 valence electrons. The predicted molar refractivity (Wildman–Crippen MR) is 36.3 cm³/mol. The van der Waals surface area contributed by atoms with Crippen LogP contribution in [-0.4, -0.2) is 29.8 Å². The molecular formula is C6H7BiO. The number of rotatable bonds is 0. The van der Waals surface area contributed by atoms with Crippen molar-refractivity contribution in [2.24, 2.45) is 0 Å². The van der Waals surface area contributed by atoms with Gasteiger partial charge in [-0.25, -0.2) is 0 Å². The molecule has 2 heteroatoms. The molecule has 0 heterocycles. The molecule has 0 aliphatic rings. The van der Waals surface area contributed by atoms with Crippen LogP contribution < -0.4 is 3.27 Å². The second kappa shape index (κ2) is 2.45. The Morgan fingerprint density at radius 1 is 1.12 bits per heavy atom. The fourth-order valence-electron chi connectivity index (χ4n) is 0.474. The zero-order valence-electron chi connectivity index (χ0n) is 4.33. The molecule has 0 saturated carbocycles. The van der Waals surface area contributed by atoms with Crippen LogP contribution in [0.4, 0.5) is 0 Å². The summed E-state index contributed by atoms with van der Waals surface area (Å²) >= 11 is 0.876. The van der Waals surface area contributed by atoms with E-state index in [1.807, 2.05) is 12.1 Å². The van der Waals surface area contributed by atoms with Gasteiger partial charge in [-0.3, -0.25) is 0 Å². The Balaban J connectivity index is 3.03. The van der Waals surface area contributed by atoms with Crippen LogP contribution in [-0.2, 0) is 0 Å². The third kappa shape index (κ3) is 1.45. The van der Waals surface area contributed by atoms with Gasteiger partial charge in [-0.2, -0.15) is 0 Å². The molecule has 0 bridgehead atoms. The summed E-state index contributed by atoms with van der Waals surface area (Å²) in [6.45, 7) is 0. The van der Waals surface area contributed by atoms with Crippen molar-refractivity contribution >= 4 is 28.0 Å². The summed E-state index contributed by atoms with van der Waals surface area (Å²) in [6, 6.07) is 7.32. The van der Waals surface area contributed by atoms with Crippen LogP contribution in [0.15, 0.2) is 24.3 Å². The number of hydrogen-bond donors (Lipinski definition) is 1. The Bertz CT molecular complexity index is 147. The fraction of sp³-hybridized carbons (Fsp3) is 0. The van der Waals surface area contributed by atoms with E-state index in [2.05, 4.69) is 0 Å². The maximum absolute atomic E-state index is 8.78. The normalized spacial score (nSPS) is 9.12. The van der Waals surface area contributed by atoms with Gasteiger partial charge in [0, 0.05) is 0 Å². The van der Waals surface area contributed by atoms with Crippen molar-refractivity contribution in [3.8, 4) is 5.75 Å². The average molecular weight is 304 g/mol. The van der Waals surface area contributed by atoms with Crippen LogP contribution in [0.2, 0.25) is 0 Å². The van der Waals surface area contributed by atoms with Crippen molar-refractivity contribution in [2.75, 3.05) is 0 Å². The first-order valence-corrected chi connectivity index (χ1v) is 4.58. The molecule has 0 aliphatic carbocycles. The minimum absolute atomic E-state index is 0.356. The van der Waals surface area contributed by atoms with Crippen LogP contribution in [0.3, 0.4) is 0 Å². The zero-order chi connectivity index (χ0) is 5.98. The van der Waals surface area contributed by atoms with E-state index in [0.717, 1.165) is 24.7 Å². The van der Waals surface area contributed by atoms with Gasteiger partial charge in [-0.1, -0.05) is 0 Å². The molecule has 0 aliphatic heterocycles. The van der Waals surface area contributed by atoms with Crippen LogP contribution in [0, 0.1) is 0 Å². The summed E-state index contributed by atoms with van der Waals surface area (Å²) in [4.78, 5) is 0. The Labute approximate surface area is 63.2 Å². The van der Waals surface area contributed by atoms with Crippen LogP contribution in [0.1, 0.15) is 0 Å². The Kier molecular flexibility index (Phi) is 1.85. The van der Waals surface area contributed by atoms with Gasteiger partial charge in [0.1, 0.15) is 0 Å². The molecule has 0 aromatic heterocycles. The number of benzene rings is 1. The monoisotopic (exact) mass is 304 g/mol. The van der Waals surface area contributed by atoms with Gasteiger partial charge in [0.25, 0.3) is 0 Å². The summed E-state index contributed by atoms with van der Waals surface area (Å²) in [6.07, 6.45) is 0. The first-order valence-electron chi connectivity index (χ1n) is 2.33. The third-order valence-electron chi connectivity index (χ3n) is 0.893. The average Bonchev–Trinajstić information content (AvgIpc) is 1.77. The van der Waals surface area contributed by atoms with E-state index >= 15 is 0 Å². The van der Waals surface area contributed by atoms with Gasteiger partial charge in [-0.15, -0.1) is 0 Å². The quantitative estimate of drug-likeness (QED) is 0.650. The van der Waals surface area contributed by atoms with Crippen molar-refractivity contribution < 1.29 is 5.11 Å². The standard InChI is InChI=1S/C6H5O.Bi.2H/c7-6-4-2-1-3-5-6;;;/h2-5,7H;;;. The molecule has 0 radical (unpaired) electrons. The van der Waals surface area contributed by atoms with Crippen molar-refractivity contribution in [1.29, 1.82) is 0 Å². The van der Waals surface area contributed by atoms with Gasteiger partial charge in [0.05, 0.1) is 0 Å². The van der Waals surface area contributed by atoms with Crippen molar-refractivity contribution in [3.05, 3.63) is 24.3 Å². The Morgan fingerprint density at radius 3 is 2.00 bits per heavy atom. The van der Waals surface area contributed by atoms with Crippen LogP contribution in [0.5, 0.6) is 5.75 Å². The first-order chi connectivity index (χ1) is 3.79. The van der Waals surface area contributed by atoms with E-state index < -0.39 is 0 Å². The molecule has 1 aromatic carbocycles. The summed E-state index contributed by atoms with van der Waals surface area (Å²) in [5, 5.41) is 8.78. The van der Waals surface area contributed by atoms with E-state index in [1.165, 1.54) is 3.27 Å². The van der Waals surface area contributed by atoms with Gasteiger partial charge in [0.2, 0.25) is 0 Å². The second-order valence-corrected chi connectivity index (χ2v) is 4.18. The maximum atomic E-state index is 8.78. The number of hydrogen-bond acceptors (Lipinski definition) is 1. The van der Waals surface area contributed by atoms with E-state index in [4.69, 9.17) is 5.11 Å². The molecule has 0 fully saturated rings. The zero-order valence-corrected chi connectivity index (χ0v) is 8.82. The van der Waals surface area contributed by atoms with Crippen molar-refractivity contribution in [1.82, 2.24) is 0 Å². The number of phenolic OH excluding ortho intramolecular Hbond substituents is 1. The SMILES string of the molecule is Oc1cc[c]([BiH2])cc1. The summed E-state index contributed by atoms with van der Waals surface area (Å²) < 4.78 is 1.34. The van der Waals surface area contributed by atoms with E-state index in [0.29, 0.717) is 5.75 Å². The topological polar surface area (TPSA) is 20.2 Å². The molecule has 1 nitrogen and oxygen atoms in total.